The molecular formula is C21H30O2. The van der Waals surface area contributed by atoms with Gasteiger partial charge in [0, 0.05) is 24.7 Å². The summed E-state index contributed by atoms with van der Waals surface area (Å²) in [6.07, 6.45) is 10.2. The molecule has 0 radical (unpaired) electrons. The molecule has 0 saturated heterocycles. The van der Waals surface area contributed by atoms with Crippen molar-refractivity contribution in [3.05, 3.63) is 11.6 Å². The Morgan fingerprint density at radius 1 is 1.00 bits per heavy atom. The topological polar surface area (TPSA) is 34.1 Å². The van der Waals surface area contributed by atoms with Crippen LogP contribution in [0.2, 0.25) is 0 Å². The number of Topliss-reactive ketones (excluding diaryl/α,β-unsaturated/α-hetero) is 2. The van der Waals surface area contributed by atoms with Crippen LogP contribution in [0, 0.1) is 34.5 Å². The molecule has 0 amide bonds. The van der Waals surface area contributed by atoms with E-state index in [4.69, 9.17) is 0 Å². The molecule has 0 heterocycles. The number of allylic oxidation sites excluding steroid dienone is 2. The van der Waals surface area contributed by atoms with E-state index in [0.29, 0.717) is 35.2 Å². The highest BCUT2D eigenvalue weighted by atomic mass is 16.1. The van der Waals surface area contributed by atoms with Gasteiger partial charge in [0.05, 0.1) is 0 Å². The molecule has 0 bridgehead atoms. The molecule has 4 saturated carbocycles. The van der Waals surface area contributed by atoms with Crippen LogP contribution in [0.1, 0.15) is 72.1 Å². The molecule has 0 aliphatic heterocycles. The van der Waals surface area contributed by atoms with E-state index in [2.05, 4.69) is 26.8 Å². The largest absolute Gasteiger partial charge is 0.300 e. The van der Waals surface area contributed by atoms with Gasteiger partial charge in [-0.15, -0.1) is 0 Å². The summed E-state index contributed by atoms with van der Waals surface area (Å²) in [4.78, 5) is 24.6. The summed E-state index contributed by atoms with van der Waals surface area (Å²) in [6, 6.07) is 0. The number of hydrogen-bond donors (Lipinski definition) is 0. The fraction of sp³-hybridized carbons (Fsp3) is 0.810. The molecule has 0 aromatic carbocycles. The fourth-order valence-electron chi connectivity index (χ4n) is 7.04. The molecular weight excluding hydrogens is 284 g/mol. The van der Waals surface area contributed by atoms with Gasteiger partial charge in [0.2, 0.25) is 0 Å². The lowest BCUT2D eigenvalue weighted by Gasteiger charge is -2.60. The molecule has 4 aliphatic carbocycles. The van der Waals surface area contributed by atoms with Crippen LogP contribution in [-0.2, 0) is 9.59 Å². The Morgan fingerprint density at radius 3 is 2.52 bits per heavy atom. The van der Waals surface area contributed by atoms with Gasteiger partial charge in [-0.1, -0.05) is 25.5 Å². The van der Waals surface area contributed by atoms with E-state index in [0.717, 1.165) is 44.9 Å². The molecule has 6 atom stereocenters. The molecule has 126 valence electrons. The summed E-state index contributed by atoms with van der Waals surface area (Å²) in [7, 11) is 0. The minimum Gasteiger partial charge on any atom is -0.300 e. The summed E-state index contributed by atoms with van der Waals surface area (Å²) >= 11 is 0. The molecule has 1 unspecified atom stereocenters. The average molecular weight is 314 g/mol. The van der Waals surface area contributed by atoms with Crippen molar-refractivity contribution < 1.29 is 9.59 Å². The van der Waals surface area contributed by atoms with Gasteiger partial charge in [0.1, 0.15) is 11.6 Å². The van der Waals surface area contributed by atoms with Crippen molar-refractivity contribution in [2.45, 2.75) is 72.1 Å². The third-order valence-corrected chi connectivity index (χ3v) is 8.45. The maximum absolute atomic E-state index is 12.5. The maximum Gasteiger partial charge on any atom is 0.139 e. The van der Waals surface area contributed by atoms with Gasteiger partial charge in [-0.05, 0) is 68.1 Å². The number of carbonyl (C=O) groups is 2. The second-order valence-electron chi connectivity index (χ2n) is 9.16. The van der Waals surface area contributed by atoms with Crippen LogP contribution in [0.5, 0.6) is 0 Å². The molecule has 0 N–H and O–H groups in total. The molecule has 4 aliphatic rings. The van der Waals surface area contributed by atoms with Crippen molar-refractivity contribution in [2.75, 3.05) is 0 Å². The summed E-state index contributed by atoms with van der Waals surface area (Å²) in [5, 5.41) is 0. The van der Waals surface area contributed by atoms with Crippen LogP contribution in [0.4, 0.5) is 0 Å². The average Bonchev–Trinajstić information content (AvgIpc) is 2.83. The number of ketones is 2. The fourth-order valence-corrected chi connectivity index (χ4v) is 7.04. The van der Waals surface area contributed by atoms with Gasteiger partial charge in [-0.2, -0.15) is 0 Å². The van der Waals surface area contributed by atoms with Crippen molar-refractivity contribution >= 4 is 11.6 Å². The Bertz CT molecular complexity index is 589. The molecule has 2 heteroatoms. The zero-order chi connectivity index (χ0) is 16.4. The highest BCUT2D eigenvalue weighted by Gasteiger charge is 2.61. The maximum atomic E-state index is 12.5. The zero-order valence-corrected chi connectivity index (χ0v) is 14.9. The third kappa shape index (κ3) is 1.99. The standard InChI is InChI=1S/C21H30O2/c1-4-13-11-15-16-5-6-19(23)21(16,3)10-8-17(15)20(2)9-7-14(22)12-18(13)20/h4,15-18H,5-12H2,1-3H3/b13-4+/t15-,16-,17-,18?,20+,21-/m0/s1. The van der Waals surface area contributed by atoms with E-state index in [9.17, 15) is 9.59 Å². The molecule has 0 aromatic heterocycles. The highest BCUT2D eigenvalue weighted by Crippen LogP contribution is 2.66. The summed E-state index contributed by atoms with van der Waals surface area (Å²) in [6.45, 7) is 6.86. The lowest BCUT2D eigenvalue weighted by Crippen LogP contribution is -2.54. The van der Waals surface area contributed by atoms with Gasteiger partial charge in [-0.25, -0.2) is 0 Å². The lowest BCUT2D eigenvalue weighted by atomic mass is 9.44. The Labute approximate surface area is 140 Å². The van der Waals surface area contributed by atoms with E-state index in [-0.39, 0.29) is 10.8 Å². The minimum atomic E-state index is -0.0479. The minimum absolute atomic E-state index is 0.0479. The molecule has 4 fully saturated rings. The van der Waals surface area contributed by atoms with E-state index in [1.165, 1.54) is 12.0 Å². The van der Waals surface area contributed by atoms with Gasteiger partial charge >= 0.3 is 0 Å². The summed E-state index contributed by atoms with van der Waals surface area (Å²) in [5.74, 6) is 3.42. The molecule has 23 heavy (non-hydrogen) atoms. The van der Waals surface area contributed by atoms with E-state index in [1.807, 2.05) is 0 Å². The first kappa shape index (κ1) is 15.6. The van der Waals surface area contributed by atoms with Crippen molar-refractivity contribution in [2.24, 2.45) is 34.5 Å². The first-order valence-electron chi connectivity index (χ1n) is 9.60. The van der Waals surface area contributed by atoms with Crippen molar-refractivity contribution in [3.63, 3.8) is 0 Å². The number of carbonyl (C=O) groups excluding carboxylic acids is 2. The summed E-state index contributed by atoms with van der Waals surface area (Å²) in [5.41, 5.74) is 1.75. The van der Waals surface area contributed by atoms with Gasteiger partial charge < -0.3 is 0 Å². The second-order valence-corrected chi connectivity index (χ2v) is 9.16. The normalized spacial score (nSPS) is 51.3. The Kier molecular flexibility index (Phi) is 3.42. The Hall–Kier alpha value is -0.920. The number of fused-ring (bicyclic) bond motifs is 5. The van der Waals surface area contributed by atoms with Crippen molar-refractivity contribution in [1.82, 2.24) is 0 Å². The van der Waals surface area contributed by atoms with Crippen LogP contribution in [0.15, 0.2) is 11.6 Å². The number of rotatable bonds is 0. The first-order valence-corrected chi connectivity index (χ1v) is 9.60. The van der Waals surface area contributed by atoms with Crippen LogP contribution in [-0.4, -0.2) is 11.6 Å². The lowest BCUT2D eigenvalue weighted by molar-refractivity contribution is -0.138. The van der Waals surface area contributed by atoms with Gasteiger partial charge in [0.25, 0.3) is 0 Å². The van der Waals surface area contributed by atoms with Crippen molar-refractivity contribution in [1.29, 1.82) is 0 Å². The molecule has 0 spiro atoms. The molecule has 4 rings (SSSR count). The monoisotopic (exact) mass is 314 g/mol. The second kappa shape index (κ2) is 5.04. The van der Waals surface area contributed by atoms with Gasteiger partial charge in [0.15, 0.2) is 0 Å². The van der Waals surface area contributed by atoms with E-state index in [1.54, 1.807) is 0 Å². The van der Waals surface area contributed by atoms with Crippen LogP contribution < -0.4 is 0 Å². The van der Waals surface area contributed by atoms with Gasteiger partial charge in [-0.3, -0.25) is 9.59 Å². The molecule has 0 aromatic rings. The van der Waals surface area contributed by atoms with Crippen LogP contribution in [0.3, 0.4) is 0 Å². The quantitative estimate of drug-likeness (QED) is 0.606. The van der Waals surface area contributed by atoms with E-state index < -0.39 is 0 Å². The van der Waals surface area contributed by atoms with Crippen LogP contribution >= 0.6 is 0 Å². The number of hydrogen-bond acceptors (Lipinski definition) is 2. The zero-order valence-electron chi connectivity index (χ0n) is 14.9. The predicted molar refractivity (Wildman–Crippen MR) is 90.9 cm³/mol. The predicted octanol–water partition coefficient (Wildman–Crippen LogP) is 4.72. The van der Waals surface area contributed by atoms with E-state index >= 15 is 0 Å². The smallest absolute Gasteiger partial charge is 0.139 e. The Balaban J connectivity index is 1.73. The van der Waals surface area contributed by atoms with Crippen LogP contribution in [0.25, 0.3) is 0 Å². The highest BCUT2D eigenvalue weighted by molar-refractivity contribution is 5.87. The third-order valence-electron chi connectivity index (χ3n) is 8.45. The summed E-state index contributed by atoms with van der Waals surface area (Å²) < 4.78 is 0. The first-order chi connectivity index (χ1) is 10.9. The Morgan fingerprint density at radius 2 is 1.78 bits per heavy atom. The van der Waals surface area contributed by atoms with Crippen molar-refractivity contribution in [3.8, 4) is 0 Å². The molecule has 2 nitrogen and oxygen atoms in total. The SMILES string of the molecule is C/C=C1\C[C@@H]2[C@H](CC[C@]3(C)C(=O)CC[C@@H]23)[C@@]2(C)CCC(=O)CC12.